The third-order valence-corrected chi connectivity index (χ3v) is 15.4. The quantitative estimate of drug-likeness (QED) is 0.128. The third kappa shape index (κ3) is 8.28. The summed E-state index contributed by atoms with van der Waals surface area (Å²) >= 11 is 0. The van der Waals surface area contributed by atoms with Gasteiger partial charge >= 0.3 is 0 Å². The summed E-state index contributed by atoms with van der Waals surface area (Å²) in [6.07, 6.45) is 0. The average molecular weight is 999 g/mol. The lowest BCUT2D eigenvalue weighted by atomic mass is 9.98. The number of fused-ring (bicyclic) bond motifs is 6. The smallest absolute Gasteiger partial charge is 0.0547 e. The van der Waals surface area contributed by atoms with Gasteiger partial charge in [-0.3, -0.25) is 0 Å². The van der Waals surface area contributed by atoms with E-state index in [1.54, 1.807) is 0 Å². The predicted molar refractivity (Wildman–Crippen MR) is 330 cm³/mol. The summed E-state index contributed by atoms with van der Waals surface area (Å²) in [5.74, 6) is 0. The Morgan fingerprint density at radius 3 is 1.12 bits per heavy atom. The maximum atomic E-state index is 2.42. The Labute approximate surface area is 455 Å². The molecule has 4 heteroatoms. The zero-order valence-electron chi connectivity index (χ0n) is 43.5. The highest BCUT2D eigenvalue weighted by Gasteiger charge is 2.20. The molecule has 0 spiro atoms. The van der Waals surface area contributed by atoms with Crippen molar-refractivity contribution in [1.29, 1.82) is 0 Å². The molecule has 0 amide bonds. The van der Waals surface area contributed by atoms with E-state index in [-0.39, 0.29) is 0 Å². The Bertz CT molecular complexity index is 4440. The van der Waals surface area contributed by atoms with E-state index in [2.05, 4.69) is 324 Å². The van der Waals surface area contributed by atoms with Gasteiger partial charge in [-0.2, -0.15) is 0 Å². The van der Waals surface area contributed by atoms with Crippen molar-refractivity contribution in [2.45, 2.75) is 13.8 Å². The number of nitrogens with zero attached hydrogens (tertiary/aromatic N) is 4. The van der Waals surface area contributed by atoms with Crippen molar-refractivity contribution in [3.05, 3.63) is 302 Å². The van der Waals surface area contributed by atoms with Gasteiger partial charge in [-0.15, -0.1) is 0 Å². The van der Waals surface area contributed by atoms with Gasteiger partial charge in [-0.1, -0.05) is 170 Å². The van der Waals surface area contributed by atoms with E-state index in [4.69, 9.17) is 0 Å². The molecular weight excluding hydrogens is 945 g/mol. The first-order valence-electron chi connectivity index (χ1n) is 26.8. The second kappa shape index (κ2) is 19.5. The number of rotatable bonds is 11. The van der Waals surface area contributed by atoms with Gasteiger partial charge in [-0.05, 0) is 180 Å². The van der Waals surface area contributed by atoms with Crippen LogP contribution in [0.3, 0.4) is 0 Å². The number of aryl methyl sites for hydroxylation is 2. The van der Waals surface area contributed by atoms with Gasteiger partial charge in [-0.25, -0.2) is 0 Å². The minimum Gasteiger partial charge on any atom is -0.310 e. The van der Waals surface area contributed by atoms with Gasteiger partial charge in [0.15, 0.2) is 0 Å². The highest BCUT2D eigenvalue weighted by Crippen LogP contribution is 2.43. The van der Waals surface area contributed by atoms with E-state index < -0.39 is 0 Å². The molecule has 0 atom stereocenters. The predicted octanol–water partition coefficient (Wildman–Crippen LogP) is 20.4. The summed E-state index contributed by atoms with van der Waals surface area (Å²) in [7, 11) is 0. The van der Waals surface area contributed by atoms with Crippen LogP contribution in [-0.2, 0) is 0 Å². The molecule has 78 heavy (non-hydrogen) atoms. The normalized spacial score (nSPS) is 11.5. The highest BCUT2D eigenvalue weighted by atomic mass is 15.1. The van der Waals surface area contributed by atoms with Gasteiger partial charge in [0.05, 0.1) is 22.1 Å². The van der Waals surface area contributed by atoms with Crippen LogP contribution in [0.25, 0.3) is 88.4 Å². The second-order valence-electron chi connectivity index (χ2n) is 20.3. The van der Waals surface area contributed by atoms with Crippen LogP contribution in [0.15, 0.2) is 291 Å². The van der Waals surface area contributed by atoms with Crippen molar-refractivity contribution in [2.24, 2.45) is 0 Å². The molecule has 370 valence electrons. The lowest BCUT2D eigenvalue weighted by molar-refractivity contribution is 1.18. The Balaban J connectivity index is 0.784. The molecule has 0 bridgehead atoms. The van der Waals surface area contributed by atoms with Crippen LogP contribution in [0.1, 0.15) is 11.1 Å². The second-order valence-corrected chi connectivity index (χ2v) is 20.3. The van der Waals surface area contributed by atoms with Crippen LogP contribution in [-0.4, -0.2) is 9.13 Å². The van der Waals surface area contributed by atoms with E-state index in [0.717, 1.165) is 62.2 Å². The zero-order chi connectivity index (χ0) is 52.1. The number of hydrogen-bond donors (Lipinski definition) is 0. The molecule has 14 aromatic rings. The van der Waals surface area contributed by atoms with E-state index in [1.807, 2.05) is 0 Å². The number of benzene rings is 12. The molecule has 0 radical (unpaired) electrons. The average Bonchev–Trinajstić information content (AvgIpc) is 4.26. The first kappa shape index (κ1) is 46.4. The molecule has 0 aliphatic carbocycles. The van der Waals surface area contributed by atoms with Crippen LogP contribution in [0.4, 0.5) is 34.1 Å². The molecule has 0 unspecified atom stereocenters. The maximum Gasteiger partial charge on any atom is 0.0547 e. The molecule has 0 aliphatic heterocycles. The van der Waals surface area contributed by atoms with Gasteiger partial charge in [0.25, 0.3) is 0 Å². The van der Waals surface area contributed by atoms with Crippen molar-refractivity contribution >= 4 is 77.7 Å². The van der Waals surface area contributed by atoms with Gasteiger partial charge in [0.1, 0.15) is 0 Å². The van der Waals surface area contributed by atoms with Crippen LogP contribution in [0.2, 0.25) is 0 Å². The lowest BCUT2D eigenvalue weighted by Crippen LogP contribution is -2.10. The van der Waals surface area contributed by atoms with Crippen LogP contribution in [0, 0.1) is 13.8 Å². The maximum absolute atomic E-state index is 2.42. The Morgan fingerprint density at radius 1 is 0.244 bits per heavy atom. The molecule has 0 fully saturated rings. The summed E-state index contributed by atoms with van der Waals surface area (Å²) in [6.45, 7) is 4.31. The van der Waals surface area contributed by atoms with E-state index >= 15 is 0 Å². The molecule has 0 saturated heterocycles. The molecule has 14 rings (SSSR count). The summed E-state index contributed by atoms with van der Waals surface area (Å²) in [5, 5.41) is 4.99. The SMILES string of the molecule is Cc1cccc(N(c2ccccc2)c2ccc(-c3ccc(N(c4cccc(C)c4)c4cccc(-c5cccc6c5c5ccccc5n6-c5ccc(-c6ccc(-n7c8ccccc8c8ccccc87)cc6)cc5)c4)cc3)cc2)c1. The van der Waals surface area contributed by atoms with Crippen LogP contribution < -0.4 is 9.80 Å². The fraction of sp³-hybridized carbons (Fsp3) is 0.0270. The standard InChI is InChI=1S/C74H54N4/c1-51-16-12-21-63(48-51)75(58-19-4-3-5-20-58)59-40-32-53(33-41-59)54-34-42-60(43-35-54)76(64-22-13-17-52(2)49-64)65-23-14-18-57(50-65)66-27-15-31-73-74(66)69-26-8-11-30-72(69)78(73)62-46-38-56(39-47-62)55-36-44-61(45-37-55)77-70-28-9-6-24-67(70)68-25-7-10-29-71(68)77/h3-50H,1-2H3. The van der Waals surface area contributed by atoms with Crippen molar-refractivity contribution in [3.8, 4) is 44.8 Å². The zero-order valence-corrected chi connectivity index (χ0v) is 43.5. The Hall–Kier alpha value is -10.2. The van der Waals surface area contributed by atoms with Crippen molar-refractivity contribution in [3.63, 3.8) is 0 Å². The molecule has 0 N–H and O–H groups in total. The summed E-state index contributed by atoms with van der Waals surface area (Å²) in [4.78, 5) is 4.70. The highest BCUT2D eigenvalue weighted by molar-refractivity contribution is 6.16. The van der Waals surface area contributed by atoms with Gasteiger partial charge in [0.2, 0.25) is 0 Å². The number of hydrogen-bond acceptors (Lipinski definition) is 2. The summed E-state index contributed by atoms with van der Waals surface area (Å²) in [5.41, 5.74) is 23.2. The fourth-order valence-corrected chi connectivity index (χ4v) is 11.8. The first-order valence-corrected chi connectivity index (χ1v) is 26.8. The molecule has 0 aliphatic rings. The van der Waals surface area contributed by atoms with Crippen molar-refractivity contribution in [1.82, 2.24) is 9.13 Å². The first-order chi connectivity index (χ1) is 38.5. The summed E-state index contributed by atoms with van der Waals surface area (Å²) in [6, 6.07) is 106. The molecule has 0 saturated carbocycles. The number of aromatic nitrogens is 2. The number of para-hydroxylation sites is 4. The van der Waals surface area contributed by atoms with Crippen molar-refractivity contribution in [2.75, 3.05) is 9.80 Å². The largest absolute Gasteiger partial charge is 0.310 e. The third-order valence-electron chi connectivity index (χ3n) is 15.4. The molecule has 12 aromatic carbocycles. The van der Waals surface area contributed by atoms with Crippen LogP contribution >= 0.6 is 0 Å². The molecule has 4 nitrogen and oxygen atoms in total. The van der Waals surface area contributed by atoms with Gasteiger partial charge in [0, 0.05) is 67.0 Å². The molecule has 2 heterocycles. The minimum absolute atomic E-state index is 1.09. The Kier molecular flexibility index (Phi) is 11.6. The van der Waals surface area contributed by atoms with Crippen LogP contribution in [0.5, 0.6) is 0 Å². The number of anilines is 6. The van der Waals surface area contributed by atoms with E-state index in [9.17, 15) is 0 Å². The van der Waals surface area contributed by atoms with Crippen molar-refractivity contribution < 1.29 is 0 Å². The summed E-state index contributed by atoms with van der Waals surface area (Å²) < 4.78 is 4.79. The lowest BCUT2D eigenvalue weighted by Gasteiger charge is -2.27. The topological polar surface area (TPSA) is 16.3 Å². The molecule has 2 aromatic heterocycles. The Morgan fingerprint density at radius 2 is 0.603 bits per heavy atom. The van der Waals surface area contributed by atoms with E-state index in [0.29, 0.717) is 0 Å². The van der Waals surface area contributed by atoms with E-state index in [1.165, 1.54) is 71.4 Å². The fourth-order valence-electron chi connectivity index (χ4n) is 11.8. The van der Waals surface area contributed by atoms with Gasteiger partial charge < -0.3 is 18.9 Å². The minimum atomic E-state index is 1.09. The molecular formula is C74H54N4. The monoisotopic (exact) mass is 998 g/mol.